The van der Waals surface area contributed by atoms with Crippen molar-refractivity contribution in [3.63, 3.8) is 0 Å². The highest BCUT2D eigenvalue weighted by molar-refractivity contribution is 5.97. The molecule has 0 radical (unpaired) electrons. The lowest BCUT2D eigenvalue weighted by Crippen LogP contribution is -2.63. The highest BCUT2D eigenvalue weighted by atomic mass is 16.3. The van der Waals surface area contributed by atoms with E-state index in [4.69, 9.17) is 0 Å². The maximum atomic E-state index is 13.4. The van der Waals surface area contributed by atoms with Gasteiger partial charge in [0.1, 0.15) is 6.04 Å². The van der Waals surface area contributed by atoms with Gasteiger partial charge in [-0.1, -0.05) is 56.3 Å². The minimum atomic E-state index is -0.531. The van der Waals surface area contributed by atoms with E-state index < -0.39 is 6.04 Å². The molecule has 1 aromatic heterocycles. The minimum Gasteiger partial charge on any atom is -0.396 e. The number of nitrogens with one attached hydrogen (secondary N) is 1. The van der Waals surface area contributed by atoms with Crippen LogP contribution in [-0.4, -0.2) is 57.4 Å². The molecule has 2 aliphatic heterocycles. The lowest BCUT2D eigenvalue weighted by Gasteiger charge is -2.47. The van der Waals surface area contributed by atoms with Crippen molar-refractivity contribution >= 4 is 22.7 Å². The van der Waals surface area contributed by atoms with Gasteiger partial charge in [-0.15, -0.1) is 0 Å². The Bertz CT molecular complexity index is 1160. The van der Waals surface area contributed by atoms with E-state index in [9.17, 15) is 14.7 Å². The summed E-state index contributed by atoms with van der Waals surface area (Å²) in [6.45, 7) is 4.79. The Morgan fingerprint density at radius 3 is 2.56 bits per heavy atom. The summed E-state index contributed by atoms with van der Waals surface area (Å²) in [4.78, 5) is 33.8. The number of aliphatic hydroxyl groups excluding tert-OH is 1. The molecule has 1 fully saturated rings. The predicted octanol–water partition coefficient (Wildman–Crippen LogP) is 3.36. The van der Waals surface area contributed by atoms with Crippen molar-refractivity contribution < 1.29 is 14.7 Å². The second kappa shape index (κ2) is 8.10. The second-order valence-electron chi connectivity index (χ2n) is 9.14. The number of amides is 2. The van der Waals surface area contributed by atoms with Gasteiger partial charge < -0.3 is 19.9 Å². The fourth-order valence-corrected chi connectivity index (χ4v) is 5.18. The van der Waals surface area contributed by atoms with Crippen LogP contribution in [0.15, 0.2) is 48.5 Å². The molecule has 3 heterocycles. The first kappa shape index (κ1) is 20.8. The molecular formula is C26H29N3O3. The number of piperazine rings is 1. The summed E-state index contributed by atoms with van der Waals surface area (Å²) in [6, 6.07) is 15.7. The van der Waals surface area contributed by atoms with Gasteiger partial charge in [0.15, 0.2) is 0 Å². The van der Waals surface area contributed by atoms with Gasteiger partial charge in [0.2, 0.25) is 11.8 Å². The third-order valence-electron chi connectivity index (χ3n) is 6.85. The summed E-state index contributed by atoms with van der Waals surface area (Å²) >= 11 is 0. The van der Waals surface area contributed by atoms with Crippen molar-refractivity contribution in [2.45, 2.75) is 44.7 Å². The molecule has 2 aliphatic rings. The van der Waals surface area contributed by atoms with E-state index in [1.54, 1.807) is 9.80 Å². The normalized spacial score (nSPS) is 20.8. The number of hydrogen-bond acceptors (Lipinski definition) is 3. The first-order valence-corrected chi connectivity index (χ1v) is 11.4. The monoisotopic (exact) mass is 431 g/mol. The molecule has 2 aromatic carbocycles. The predicted molar refractivity (Wildman–Crippen MR) is 123 cm³/mol. The molecule has 166 valence electrons. The molecule has 2 atom stereocenters. The van der Waals surface area contributed by atoms with E-state index in [0.29, 0.717) is 25.3 Å². The number of para-hydroxylation sites is 1. The summed E-state index contributed by atoms with van der Waals surface area (Å²) in [5.41, 5.74) is 5.40. The average molecular weight is 432 g/mol. The number of nitrogens with zero attached hydrogens (tertiary/aromatic N) is 2. The fraction of sp³-hybridized carbons (Fsp3) is 0.385. The third-order valence-corrected chi connectivity index (χ3v) is 6.85. The highest BCUT2D eigenvalue weighted by Crippen LogP contribution is 2.42. The SMILES string of the molecule is CC(C)c1ccc(C2c3[nH]c4ccccc4c3C[C@@H]3C(=O)N(CCCO)CC(=O)N23)cc1. The van der Waals surface area contributed by atoms with Crippen LogP contribution in [-0.2, 0) is 16.0 Å². The molecule has 3 aromatic rings. The number of fused-ring (bicyclic) bond motifs is 4. The maximum absolute atomic E-state index is 13.4. The molecule has 1 saturated heterocycles. The smallest absolute Gasteiger partial charge is 0.246 e. The number of rotatable bonds is 5. The van der Waals surface area contributed by atoms with Gasteiger partial charge in [-0.3, -0.25) is 9.59 Å². The van der Waals surface area contributed by atoms with E-state index in [1.165, 1.54) is 5.56 Å². The minimum absolute atomic E-state index is 0.00374. The summed E-state index contributed by atoms with van der Waals surface area (Å²) < 4.78 is 0. The number of aliphatic hydroxyl groups is 1. The van der Waals surface area contributed by atoms with Gasteiger partial charge in [-0.2, -0.15) is 0 Å². The largest absolute Gasteiger partial charge is 0.396 e. The molecule has 0 spiro atoms. The van der Waals surface area contributed by atoms with E-state index in [0.717, 1.165) is 27.7 Å². The molecule has 6 heteroatoms. The number of carbonyl (C=O) groups excluding carboxylic acids is 2. The Kier molecular flexibility index (Phi) is 5.25. The van der Waals surface area contributed by atoms with Crippen molar-refractivity contribution in [2.75, 3.05) is 19.7 Å². The Balaban J connectivity index is 1.64. The zero-order chi connectivity index (χ0) is 22.4. The Morgan fingerprint density at radius 1 is 1.09 bits per heavy atom. The van der Waals surface area contributed by atoms with Crippen molar-refractivity contribution in [3.05, 3.63) is 70.9 Å². The Hall–Kier alpha value is -3.12. The second-order valence-corrected chi connectivity index (χ2v) is 9.14. The maximum Gasteiger partial charge on any atom is 0.246 e. The molecule has 0 bridgehead atoms. The average Bonchev–Trinajstić information content (AvgIpc) is 3.17. The van der Waals surface area contributed by atoms with E-state index in [-0.39, 0.29) is 31.0 Å². The van der Waals surface area contributed by atoms with Crippen molar-refractivity contribution in [1.29, 1.82) is 0 Å². The molecule has 0 saturated carbocycles. The van der Waals surface area contributed by atoms with Crippen LogP contribution in [0.5, 0.6) is 0 Å². The van der Waals surface area contributed by atoms with Crippen LogP contribution >= 0.6 is 0 Å². The molecule has 6 nitrogen and oxygen atoms in total. The van der Waals surface area contributed by atoms with Gasteiger partial charge in [-0.05, 0) is 35.1 Å². The van der Waals surface area contributed by atoms with Crippen LogP contribution in [0.4, 0.5) is 0 Å². The zero-order valence-corrected chi connectivity index (χ0v) is 18.5. The Labute approximate surface area is 187 Å². The number of hydrogen-bond donors (Lipinski definition) is 2. The van der Waals surface area contributed by atoms with Crippen molar-refractivity contribution in [1.82, 2.24) is 14.8 Å². The highest BCUT2D eigenvalue weighted by Gasteiger charge is 2.48. The van der Waals surface area contributed by atoms with Gasteiger partial charge >= 0.3 is 0 Å². The lowest BCUT2D eigenvalue weighted by molar-refractivity contribution is -0.158. The van der Waals surface area contributed by atoms with Crippen molar-refractivity contribution in [2.24, 2.45) is 0 Å². The number of carbonyl (C=O) groups is 2. The van der Waals surface area contributed by atoms with Crippen LogP contribution in [0.25, 0.3) is 10.9 Å². The molecule has 2 N–H and O–H groups in total. The summed E-state index contributed by atoms with van der Waals surface area (Å²) in [5.74, 6) is 0.345. The van der Waals surface area contributed by atoms with E-state index in [1.807, 2.05) is 18.2 Å². The number of aromatic nitrogens is 1. The Morgan fingerprint density at radius 2 is 1.84 bits per heavy atom. The fourth-order valence-electron chi connectivity index (χ4n) is 5.18. The quantitative estimate of drug-likeness (QED) is 0.650. The van der Waals surface area contributed by atoms with Gasteiger partial charge in [0.05, 0.1) is 12.6 Å². The molecule has 32 heavy (non-hydrogen) atoms. The molecular weight excluding hydrogens is 402 g/mol. The summed E-state index contributed by atoms with van der Waals surface area (Å²) in [5, 5.41) is 10.3. The zero-order valence-electron chi connectivity index (χ0n) is 18.5. The molecule has 2 amide bonds. The van der Waals surface area contributed by atoms with Gasteiger partial charge in [-0.25, -0.2) is 0 Å². The standard InChI is InChI=1S/C26H29N3O3/c1-16(2)17-8-10-18(11-9-17)25-24-20(19-6-3-4-7-21(19)27-24)14-22-26(32)28(12-5-13-30)15-23(31)29(22)25/h3-4,6-11,16,22,25,27,30H,5,12-15H2,1-2H3/t22-,25?/m1/s1. The van der Waals surface area contributed by atoms with Crippen LogP contribution in [0, 0.1) is 0 Å². The van der Waals surface area contributed by atoms with Gasteiger partial charge in [0.25, 0.3) is 0 Å². The van der Waals surface area contributed by atoms with Crippen LogP contribution in [0.3, 0.4) is 0 Å². The van der Waals surface area contributed by atoms with E-state index >= 15 is 0 Å². The molecule has 1 unspecified atom stereocenters. The molecule has 0 aliphatic carbocycles. The topological polar surface area (TPSA) is 76.6 Å². The summed E-state index contributed by atoms with van der Waals surface area (Å²) in [6.07, 6.45) is 0.976. The van der Waals surface area contributed by atoms with Crippen LogP contribution in [0.2, 0.25) is 0 Å². The number of aromatic amines is 1. The van der Waals surface area contributed by atoms with Crippen molar-refractivity contribution in [3.8, 4) is 0 Å². The first-order chi connectivity index (χ1) is 15.5. The summed E-state index contributed by atoms with van der Waals surface area (Å²) in [7, 11) is 0. The number of H-pyrrole nitrogens is 1. The van der Waals surface area contributed by atoms with Crippen LogP contribution in [0.1, 0.15) is 54.6 Å². The number of benzene rings is 2. The van der Waals surface area contributed by atoms with Crippen LogP contribution < -0.4 is 0 Å². The third kappa shape index (κ3) is 3.30. The lowest BCUT2D eigenvalue weighted by atomic mass is 9.85. The first-order valence-electron chi connectivity index (χ1n) is 11.4. The van der Waals surface area contributed by atoms with Gasteiger partial charge in [0, 0.05) is 36.2 Å². The van der Waals surface area contributed by atoms with E-state index in [2.05, 4.69) is 49.2 Å². The molecule has 5 rings (SSSR count).